The third-order valence-electron chi connectivity index (χ3n) is 3.44. The summed E-state index contributed by atoms with van der Waals surface area (Å²) in [6, 6.07) is 7.01. The number of nitrogens with one attached hydrogen (secondary N) is 1. The van der Waals surface area contributed by atoms with Crippen LogP contribution in [0.25, 0.3) is 11.4 Å². The predicted molar refractivity (Wildman–Crippen MR) is 87.1 cm³/mol. The zero-order valence-corrected chi connectivity index (χ0v) is 13.8. The number of hydrogen-bond acceptors (Lipinski definition) is 3. The van der Waals surface area contributed by atoms with Crippen LogP contribution in [0.1, 0.15) is 5.56 Å². The Kier molecular flexibility index (Phi) is 4.97. The summed E-state index contributed by atoms with van der Waals surface area (Å²) < 4.78 is 78.7. The lowest BCUT2D eigenvalue weighted by Crippen LogP contribution is -2.05. The fourth-order valence-corrected chi connectivity index (χ4v) is 2.39. The highest BCUT2D eigenvalue weighted by molar-refractivity contribution is 6.29. The van der Waals surface area contributed by atoms with Gasteiger partial charge in [0.05, 0.1) is 11.3 Å². The van der Waals surface area contributed by atoms with Crippen molar-refractivity contribution in [2.45, 2.75) is 6.18 Å². The van der Waals surface area contributed by atoms with Crippen LogP contribution in [0.2, 0.25) is 5.15 Å². The van der Waals surface area contributed by atoms with Gasteiger partial charge in [0.1, 0.15) is 11.0 Å². The van der Waals surface area contributed by atoms with Gasteiger partial charge in [-0.1, -0.05) is 23.7 Å². The Morgan fingerprint density at radius 1 is 0.889 bits per heavy atom. The monoisotopic (exact) mass is 403 g/mol. The van der Waals surface area contributed by atoms with Gasteiger partial charge < -0.3 is 5.32 Å². The zero-order chi connectivity index (χ0) is 19.8. The molecule has 0 spiro atoms. The van der Waals surface area contributed by atoms with Gasteiger partial charge in [0.25, 0.3) is 0 Å². The first-order valence-corrected chi connectivity index (χ1v) is 7.65. The third-order valence-corrected chi connectivity index (χ3v) is 3.63. The second kappa shape index (κ2) is 7.07. The molecule has 1 aromatic heterocycles. The molecule has 0 fully saturated rings. The van der Waals surface area contributed by atoms with Gasteiger partial charge in [0.15, 0.2) is 23.3 Å². The quantitative estimate of drug-likeness (QED) is 0.332. The van der Waals surface area contributed by atoms with Crippen molar-refractivity contribution in [3.05, 3.63) is 70.6 Å². The predicted octanol–water partition coefficient (Wildman–Crippen LogP) is 5.98. The summed E-state index contributed by atoms with van der Waals surface area (Å²) in [7, 11) is 0. The fourth-order valence-electron chi connectivity index (χ4n) is 2.21. The second-order valence-electron chi connectivity index (χ2n) is 5.33. The van der Waals surface area contributed by atoms with Gasteiger partial charge in [-0.15, -0.1) is 0 Å². The molecule has 2 aromatic carbocycles. The van der Waals surface area contributed by atoms with Gasteiger partial charge in [-0.3, -0.25) is 0 Å². The molecule has 0 radical (unpaired) electrons. The zero-order valence-electron chi connectivity index (χ0n) is 13.1. The SMILES string of the molecule is Fc1ccc(Nc2cc(Cl)nc(-c3cccc(C(F)(F)F)c3)n2)c(F)c1F. The Labute approximate surface area is 153 Å². The van der Waals surface area contributed by atoms with Crippen LogP contribution in [-0.4, -0.2) is 9.97 Å². The molecule has 1 heterocycles. The summed E-state index contributed by atoms with van der Waals surface area (Å²) in [6.45, 7) is 0. The van der Waals surface area contributed by atoms with E-state index in [2.05, 4.69) is 15.3 Å². The number of benzene rings is 2. The van der Waals surface area contributed by atoms with E-state index in [9.17, 15) is 26.3 Å². The summed E-state index contributed by atoms with van der Waals surface area (Å²) in [5.41, 5.74) is -1.33. The van der Waals surface area contributed by atoms with E-state index in [0.717, 1.165) is 24.3 Å². The van der Waals surface area contributed by atoms with E-state index in [1.165, 1.54) is 12.1 Å². The minimum absolute atomic E-state index is 0.0149. The van der Waals surface area contributed by atoms with Crippen LogP contribution < -0.4 is 5.32 Å². The lowest BCUT2D eigenvalue weighted by atomic mass is 10.1. The Morgan fingerprint density at radius 2 is 1.63 bits per heavy atom. The van der Waals surface area contributed by atoms with Crippen LogP contribution >= 0.6 is 11.6 Å². The summed E-state index contributed by atoms with van der Waals surface area (Å²) >= 11 is 5.85. The fraction of sp³-hybridized carbons (Fsp3) is 0.0588. The van der Waals surface area contributed by atoms with Crippen molar-refractivity contribution >= 4 is 23.1 Å². The summed E-state index contributed by atoms with van der Waals surface area (Å²) in [6.07, 6.45) is -4.57. The summed E-state index contributed by atoms with van der Waals surface area (Å²) in [5.74, 6) is -4.82. The first-order chi connectivity index (χ1) is 12.6. The molecule has 3 rings (SSSR count). The summed E-state index contributed by atoms with van der Waals surface area (Å²) in [4.78, 5) is 7.80. The average Bonchev–Trinajstić information content (AvgIpc) is 2.61. The molecule has 0 aliphatic rings. The molecule has 3 nitrogen and oxygen atoms in total. The van der Waals surface area contributed by atoms with Gasteiger partial charge in [0.2, 0.25) is 0 Å². The third kappa shape index (κ3) is 4.13. The summed E-state index contributed by atoms with van der Waals surface area (Å²) in [5, 5.41) is 2.25. The molecule has 1 N–H and O–H groups in total. The molecule has 0 unspecified atom stereocenters. The number of aromatic nitrogens is 2. The first-order valence-electron chi connectivity index (χ1n) is 7.28. The van der Waals surface area contributed by atoms with Crippen molar-refractivity contribution in [3.8, 4) is 11.4 Å². The van der Waals surface area contributed by atoms with E-state index >= 15 is 0 Å². The van der Waals surface area contributed by atoms with Crippen LogP contribution in [0.15, 0.2) is 42.5 Å². The number of anilines is 2. The minimum Gasteiger partial charge on any atom is -0.338 e. The average molecular weight is 404 g/mol. The molecule has 0 amide bonds. The van der Waals surface area contributed by atoms with E-state index in [-0.39, 0.29) is 22.4 Å². The van der Waals surface area contributed by atoms with Crippen LogP contribution in [0.5, 0.6) is 0 Å². The highest BCUT2D eigenvalue weighted by Gasteiger charge is 2.30. The molecular weight excluding hydrogens is 396 g/mol. The molecule has 0 aliphatic heterocycles. The lowest BCUT2D eigenvalue weighted by molar-refractivity contribution is -0.137. The lowest BCUT2D eigenvalue weighted by Gasteiger charge is -2.11. The van der Waals surface area contributed by atoms with E-state index in [4.69, 9.17) is 11.6 Å². The maximum absolute atomic E-state index is 13.8. The maximum atomic E-state index is 13.8. The second-order valence-corrected chi connectivity index (χ2v) is 5.71. The molecule has 0 saturated carbocycles. The normalized spacial score (nSPS) is 11.5. The molecule has 0 aliphatic carbocycles. The highest BCUT2D eigenvalue weighted by atomic mass is 35.5. The van der Waals surface area contributed by atoms with E-state index < -0.39 is 34.9 Å². The van der Waals surface area contributed by atoms with Crippen molar-refractivity contribution in [1.29, 1.82) is 0 Å². The number of halogens is 7. The molecule has 27 heavy (non-hydrogen) atoms. The van der Waals surface area contributed by atoms with Crippen molar-refractivity contribution < 1.29 is 26.3 Å². The van der Waals surface area contributed by atoms with Gasteiger partial charge in [-0.05, 0) is 24.3 Å². The standard InChI is InChI=1S/C17H8ClF6N3/c18-12-7-13(25-11-5-4-10(19)14(20)15(11)21)27-16(26-12)8-2-1-3-9(6-8)17(22,23)24/h1-7H,(H,25,26,27). The highest BCUT2D eigenvalue weighted by Crippen LogP contribution is 2.32. The number of alkyl halides is 3. The molecule has 0 bridgehead atoms. The van der Waals surface area contributed by atoms with Crippen LogP contribution in [-0.2, 0) is 6.18 Å². The van der Waals surface area contributed by atoms with Crippen LogP contribution in [0.4, 0.5) is 37.8 Å². The maximum Gasteiger partial charge on any atom is 0.416 e. The number of rotatable bonds is 3. The number of hydrogen-bond donors (Lipinski definition) is 1. The number of nitrogens with zero attached hydrogens (tertiary/aromatic N) is 2. The van der Waals surface area contributed by atoms with Crippen molar-refractivity contribution in [1.82, 2.24) is 9.97 Å². The van der Waals surface area contributed by atoms with Crippen LogP contribution in [0.3, 0.4) is 0 Å². The van der Waals surface area contributed by atoms with Gasteiger partial charge in [-0.25, -0.2) is 23.1 Å². The molecule has 0 atom stereocenters. The Balaban J connectivity index is 2.00. The molecular formula is C17H8ClF6N3. The molecule has 3 aromatic rings. The van der Waals surface area contributed by atoms with Crippen molar-refractivity contribution in [2.75, 3.05) is 5.32 Å². The Bertz CT molecular complexity index is 1010. The van der Waals surface area contributed by atoms with Gasteiger partial charge in [-0.2, -0.15) is 13.2 Å². The Hall–Kier alpha value is -2.81. The smallest absolute Gasteiger partial charge is 0.338 e. The first kappa shape index (κ1) is 19.0. The molecule has 140 valence electrons. The minimum atomic E-state index is -4.57. The van der Waals surface area contributed by atoms with E-state index in [1.807, 2.05) is 0 Å². The Morgan fingerprint density at radius 3 is 2.33 bits per heavy atom. The van der Waals surface area contributed by atoms with E-state index in [0.29, 0.717) is 6.07 Å². The van der Waals surface area contributed by atoms with Gasteiger partial charge >= 0.3 is 6.18 Å². The van der Waals surface area contributed by atoms with Crippen molar-refractivity contribution in [3.63, 3.8) is 0 Å². The largest absolute Gasteiger partial charge is 0.416 e. The van der Waals surface area contributed by atoms with Crippen LogP contribution in [0, 0.1) is 17.5 Å². The molecule has 0 saturated heterocycles. The van der Waals surface area contributed by atoms with E-state index in [1.54, 1.807) is 0 Å². The van der Waals surface area contributed by atoms with Crippen molar-refractivity contribution in [2.24, 2.45) is 0 Å². The topological polar surface area (TPSA) is 37.8 Å². The van der Waals surface area contributed by atoms with Gasteiger partial charge in [0, 0.05) is 11.6 Å². The molecule has 10 heteroatoms.